The summed E-state index contributed by atoms with van der Waals surface area (Å²) in [6.45, 7) is 13.2. The second-order valence-corrected chi connectivity index (χ2v) is 10.3. The van der Waals surface area contributed by atoms with Crippen molar-refractivity contribution >= 4 is 17.8 Å². The summed E-state index contributed by atoms with van der Waals surface area (Å²) in [7, 11) is 0. The van der Waals surface area contributed by atoms with Crippen LogP contribution in [0.3, 0.4) is 0 Å². The van der Waals surface area contributed by atoms with Gasteiger partial charge in [0, 0.05) is 12.0 Å². The molecule has 0 bridgehead atoms. The molecular formula is C24H31FN2S. The maximum Gasteiger partial charge on any atom is 0.128 e. The summed E-state index contributed by atoms with van der Waals surface area (Å²) < 4.78 is 17.5. The zero-order chi connectivity index (χ0) is 20.5. The van der Waals surface area contributed by atoms with E-state index in [0.717, 1.165) is 12.3 Å². The average Bonchev–Trinajstić information content (AvgIpc) is 2.61. The van der Waals surface area contributed by atoms with Gasteiger partial charge in [0.05, 0.1) is 11.3 Å². The van der Waals surface area contributed by atoms with Crippen LogP contribution in [0.1, 0.15) is 75.9 Å². The molecule has 0 spiro atoms. The molecule has 28 heavy (non-hydrogen) atoms. The van der Waals surface area contributed by atoms with Gasteiger partial charge in [-0.2, -0.15) is 0 Å². The zero-order valence-electron chi connectivity index (χ0n) is 17.7. The molecular weight excluding hydrogens is 367 g/mol. The van der Waals surface area contributed by atoms with Crippen molar-refractivity contribution in [3.05, 3.63) is 71.0 Å². The molecule has 0 aliphatic carbocycles. The fourth-order valence-electron chi connectivity index (χ4n) is 3.71. The summed E-state index contributed by atoms with van der Waals surface area (Å²) in [5.74, 6) is 0.743. The maximum absolute atomic E-state index is 14.1. The van der Waals surface area contributed by atoms with Crippen molar-refractivity contribution in [2.45, 2.75) is 64.7 Å². The van der Waals surface area contributed by atoms with Gasteiger partial charge < -0.3 is 4.72 Å². The van der Waals surface area contributed by atoms with Crippen molar-refractivity contribution in [3.63, 3.8) is 0 Å². The van der Waals surface area contributed by atoms with Crippen LogP contribution < -0.4 is 4.72 Å². The largest absolute Gasteiger partial charge is 0.318 e. The quantitative estimate of drug-likeness (QED) is 0.563. The van der Waals surface area contributed by atoms with E-state index in [4.69, 9.17) is 4.99 Å². The van der Waals surface area contributed by atoms with Crippen molar-refractivity contribution < 1.29 is 4.39 Å². The molecule has 0 amide bonds. The van der Waals surface area contributed by atoms with E-state index in [9.17, 15) is 4.39 Å². The van der Waals surface area contributed by atoms with Crippen LogP contribution in [0.5, 0.6) is 0 Å². The highest BCUT2D eigenvalue weighted by atomic mass is 32.2. The molecule has 0 radical (unpaired) electrons. The average molecular weight is 399 g/mol. The van der Waals surface area contributed by atoms with Crippen LogP contribution in [0.2, 0.25) is 0 Å². The molecule has 3 rings (SSSR count). The smallest absolute Gasteiger partial charge is 0.128 e. The molecule has 2 aromatic rings. The maximum atomic E-state index is 14.1. The molecule has 1 heterocycles. The Hall–Kier alpha value is -1.81. The molecule has 1 unspecified atom stereocenters. The molecule has 1 N–H and O–H groups in total. The van der Waals surface area contributed by atoms with E-state index in [-0.39, 0.29) is 22.7 Å². The third-order valence-corrected chi connectivity index (χ3v) is 6.91. The Morgan fingerprint density at radius 3 is 2.32 bits per heavy atom. The van der Waals surface area contributed by atoms with Crippen molar-refractivity contribution in [2.75, 3.05) is 0 Å². The molecule has 150 valence electrons. The summed E-state index contributed by atoms with van der Waals surface area (Å²) in [5.41, 5.74) is 3.53. The number of halogens is 1. The normalized spacial score (nSPS) is 22.0. The number of hydrogen-bond donors (Lipinski definition) is 1. The van der Waals surface area contributed by atoms with Crippen molar-refractivity contribution in [3.8, 4) is 0 Å². The van der Waals surface area contributed by atoms with Crippen LogP contribution in [0.4, 0.5) is 4.39 Å². The number of amidine groups is 1. The van der Waals surface area contributed by atoms with Crippen LogP contribution in [-0.4, -0.2) is 5.84 Å². The van der Waals surface area contributed by atoms with E-state index >= 15 is 0 Å². The first-order valence-electron chi connectivity index (χ1n) is 9.91. The Morgan fingerprint density at radius 2 is 1.75 bits per heavy atom. The molecule has 1 aliphatic rings. The summed E-state index contributed by atoms with van der Waals surface area (Å²) >= 11 is 1.71. The second-order valence-electron chi connectivity index (χ2n) is 9.41. The van der Waals surface area contributed by atoms with Gasteiger partial charge in [0.1, 0.15) is 11.7 Å². The SMILES string of the molecule is C[C@H](N=C1CC(C)(C)C(c2ccc(C(C)(C)C)cc2)SN1)c1ccccc1F. The van der Waals surface area contributed by atoms with Crippen molar-refractivity contribution in [1.29, 1.82) is 0 Å². The Labute approximate surface area is 173 Å². The highest BCUT2D eigenvalue weighted by Crippen LogP contribution is 2.48. The summed E-state index contributed by atoms with van der Waals surface area (Å²) in [6.07, 6.45) is 0.838. The first kappa shape index (κ1) is 20.9. The first-order chi connectivity index (χ1) is 13.1. The van der Waals surface area contributed by atoms with Crippen molar-refractivity contribution in [2.24, 2.45) is 10.4 Å². The number of hydrogen-bond acceptors (Lipinski definition) is 2. The van der Waals surface area contributed by atoms with Gasteiger partial charge in [0.25, 0.3) is 0 Å². The van der Waals surface area contributed by atoms with Gasteiger partial charge in [-0.15, -0.1) is 0 Å². The molecule has 4 heteroatoms. The molecule has 1 saturated heterocycles. The Morgan fingerprint density at radius 1 is 1.11 bits per heavy atom. The minimum Gasteiger partial charge on any atom is -0.318 e. The Bertz CT molecular complexity index is 850. The number of rotatable bonds is 3. The predicted molar refractivity (Wildman–Crippen MR) is 119 cm³/mol. The molecule has 1 fully saturated rings. The van der Waals surface area contributed by atoms with Crippen molar-refractivity contribution in [1.82, 2.24) is 4.72 Å². The minimum absolute atomic E-state index is 0.0486. The lowest BCUT2D eigenvalue weighted by atomic mass is 9.80. The number of aliphatic imine (C=N–C) groups is 1. The van der Waals surface area contributed by atoms with Gasteiger partial charge in [-0.25, -0.2) is 4.39 Å². The zero-order valence-corrected chi connectivity index (χ0v) is 18.5. The summed E-state index contributed by atoms with van der Waals surface area (Å²) in [6, 6.07) is 15.7. The monoisotopic (exact) mass is 398 g/mol. The van der Waals surface area contributed by atoms with Gasteiger partial charge >= 0.3 is 0 Å². The standard InChI is InChI=1S/C24H31FN2S/c1-16(19-9-7-8-10-20(19)25)26-21-15-24(5,6)22(28-27-21)17-11-13-18(14-12-17)23(2,3)4/h7-14,16,22H,15H2,1-6H3,(H,26,27)/t16-,22?/m0/s1. The first-order valence-corrected chi connectivity index (χ1v) is 10.8. The van der Waals surface area contributed by atoms with Crippen LogP contribution in [0.25, 0.3) is 0 Å². The van der Waals surface area contributed by atoms with E-state index in [1.165, 1.54) is 17.2 Å². The van der Waals surface area contributed by atoms with Gasteiger partial charge in [0.2, 0.25) is 0 Å². The van der Waals surface area contributed by atoms with E-state index in [1.54, 1.807) is 18.0 Å². The van der Waals surface area contributed by atoms with Crippen LogP contribution in [0.15, 0.2) is 53.5 Å². The molecule has 2 nitrogen and oxygen atoms in total. The van der Waals surface area contributed by atoms with E-state index < -0.39 is 0 Å². The molecule has 0 saturated carbocycles. The second kappa shape index (κ2) is 7.90. The van der Waals surface area contributed by atoms with Gasteiger partial charge in [0.15, 0.2) is 0 Å². The lowest BCUT2D eigenvalue weighted by Crippen LogP contribution is -2.36. The summed E-state index contributed by atoms with van der Waals surface area (Å²) in [4.78, 5) is 4.78. The third kappa shape index (κ3) is 4.60. The highest BCUT2D eigenvalue weighted by Gasteiger charge is 2.37. The van der Waals surface area contributed by atoms with Crippen LogP contribution in [-0.2, 0) is 5.41 Å². The Kier molecular flexibility index (Phi) is 5.90. The fourth-order valence-corrected chi connectivity index (χ4v) is 4.79. The van der Waals surface area contributed by atoms with E-state index in [2.05, 4.69) is 63.6 Å². The molecule has 2 aromatic carbocycles. The molecule has 0 aromatic heterocycles. The Balaban J connectivity index is 1.76. The summed E-state index contributed by atoms with van der Waals surface area (Å²) in [5, 5.41) is 0.337. The lowest BCUT2D eigenvalue weighted by Gasteiger charge is -2.39. The molecule has 1 aliphatic heterocycles. The third-order valence-electron chi connectivity index (χ3n) is 5.41. The number of nitrogens with one attached hydrogen (secondary N) is 1. The predicted octanol–water partition coefficient (Wildman–Crippen LogP) is 6.99. The van der Waals surface area contributed by atoms with Gasteiger partial charge in [-0.05, 0) is 46.9 Å². The van der Waals surface area contributed by atoms with Gasteiger partial charge in [-0.1, -0.05) is 77.1 Å². The minimum atomic E-state index is -0.206. The van der Waals surface area contributed by atoms with Gasteiger partial charge in [-0.3, -0.25) is 4.99 Å². The van der Waals surface area contributed by atoms with E-state index in [1.807, 2.05) is 19.1 Å². The highest BCUT2D eigenvalue weighted by molar-refractivity contribution is 7.98. The van der Waals surface area contributed by atoms with E-state index in [0.29, 0.717) is 10.8 Å². The van der Waals surface area contributed by atoms with Crippen LogP contribution in [0, 0.1) is 11.2 Å². The number of nitrogens with zero attached hydrogens (tertiary/aromatic N) is 1. The number of benzene rings is 2. The molecule has 2 atom stereocenters. The fraction of sp³-hybridized carbons (Fsp3) is 0.458. The van der Waals surface area contributed by atoms with Crippen LogP contribution >= 0.6 is 11.9 Å². The topological polar surface area (TPSA) is 24.4 Å². The lowest BCUT2D eigenvalue weighted by molar-refractivity contribution is 0.362.